The molecule has 0 bridgehead atoms. The van der Waals surface area contributed by atoms with Gasteiger partial charge in [0.1, 0.15) is 11.6 Å². The Hall–Kier alpha value is -3.00. The van der Waals surface area contributed by atoms with E-state index in [0.717, 1.165) is 74.1 Å². The number of phenols is 1. The summed E-state index contributed by atoms with van der Waals surface area (Å²) in [5.41, 5.74) is 3.19. The van der Waals surface area contributed by atoms with Crippen LogP contribution in [0, 0.1) is 0 Å². The lowest BCUT2D eigenvalue weighted by atomic mass is 10.0. The molecule has 0 amide bonds. The van der Waals surface area contributed by atoms with Crippen LogP contribution in [0.3, 0.4) is 0 Å². The van der Waals surface area contributed by atoms with E-state index in [1.165, 1.54) is 0 Å². The molecule has 1 fully saturated rings. The summed E-state index contributed by atoms with van der Waals surface area (Å²) in [5, 5.41) is 14.5. The number of nitrogens with zero attached hydrogens (tertiary/aromatic N) is 3. The predicted octanol–water partition coefficient (Wildman–Crippen LogP) is 4.55. The van der Waals surface area contributed by atoms with E-state index >= 15 is 0 Å². The molecule has 2 aliphatic rings. The van der Waals surface area contributed by atoms with Crippen molar-refractivity contribution in [1.82, 2.24) is 14.8 Å². The van der Waals surface area contributed by atoms with Crippen molar-refractivity contribution < 1.29 is 14.6 Å². The summed E-state index contributed by atoms with van der Waals surface area (Å²) >= 11 is 6.22. The first kappa shape index (κ1) is 22.8. The number of hydrogen-bond acceptors (Lipinski definition) is 7. The number of rotatable bonds is 7. The predicted molar refractivity (Wildman–Crippen MR) is 135 cm³/mol. The van der Waals surface area contributed by atoms with Crippen molar-refractivity contribution >= 4 is 17.4 Å². The Morgan fingerprint density at radius 1 is 0.971 bits per heavy atom. The quantitative estimate of drug-likeness (QED) is 0.480. The maximum atomic E-state index is 10.5. The van der Waals surface area contributed by atoms with E-state index in [1.807, 2.05) is 30.3 Å². The Morgan fingerprint density at radius 2 is 1.79 bits per heavy atom. The molecule has 1 aromatic heterocycles. The number of aromatic hydroxyl groups is 1. The summed E-state index contributed by atoms with van der Waals surface area (Å²) in [4.78, 5) is 9.67. The molecule has 8 heteroatoms. The van der Waals surface area contributed by atoms with E-state index in [9.17, 15) is 5.11 Å². The van der Waals surface area contributed by atoms with E-state index < -0.39 is 0 Å². The minimum Gasteiger partial charge on any atom is -0.507 e. The van der Waals surface area contributed by atoms with Crippen molar-refractivity contribution in [2.75, 3.05) is 58.4 Å². The fraction of sp³-hybridized carbons (Fsp3) is 0.346. The van der Waals surface area contributed by atoms with E-state index in [4.69, 9.17) is 26.1 Å². The first-order valence-electron chi connectivity index (χ1n) is 11.6. The number of hydrogen-bond donors (Lipinski definition) is 2. The summed E-state index contributed by atoms with van der Waals surface area (Å²) in [6.45, 7) is 6.59. The topological polar surface area (TPSA) is 70.1 Å². The van der Waals surface area contributed by atoms with E-state index in [0.29, 0.717) is 16.3 Å². The second-order valence-corrected chi connectivity index (χ2v) is 9.22. The van der Waals surface area contributed by atoms with Gasteiger partial charge in [0.25, 0.3) is 0 Å². The van der Waals surface area contributed by atoms with Gasteiger partial charge >= 0.3 is 0 Å². The van der Waals surface area contributed by atoms with Crippen LogP contribution in [0.15, 0.2) is 48.5 Å². The molecular formula is C26H29ClN4O3. The monoisotopic (exact) mass is 480 g/mol. The summed E-state index contributed by atoms with van der Waals surface area (Å²) in [6.07, 6.45) is 1.03. The van der Waals surface area contributed by atoms with Gasteiger partial charge in [0, 0.05) is 43.3 Å². The van der Waals surface area contributed by atoms with Crippen LogP contribution < -0.4 is 14.8 Å². The molecule has 2 aromatic carbocycles. The van der Waals surface area contributed by atoms with Crippen molar-refractivity contribution in [3.05, 3.63) is 53.6 Å². The molecule has 1 saturated heterocycles. The van der Waals surface area contributed by atoms with Gasteiger partial charge < -0.3 is 29.7 Å². The highest BCUT2D eigenvalue weighted by molar-refractivity contribution is 6.31. The molecule has 0 unspecified atom stereocenters. The van der Waals surface area contributed by atoms with Crippen LogP contribution in [0.2, 0.25) is 5.02 Å². The molecule has 2 aliphatic heterocycles. The largest absolute Gasteiger partial charge is 0.507 e. The van der Waals surface area contributed by atoms with Crippen LogP contribution in [0.5, 0.6) is 17.2 Å². The summed E-state index contributed by atoms with van der Waals surface area (Å²) in [5.74, 6) is 2.36. The van der Waals surface area contributed by atoms with Crippen LogP contribution in [-0.4, -0.2) is 73.0 Å². The van der Waals surface area contributed by atoms with Crippen molar-refractivity contribution in [1.29, 1.82) is 0 Å². The average Bonchev–Trinajstić information content (AvgIpc) is 3.32. The molecule has 3 aromatic rings. The Labute approximate surface area is 204 Å². The molecule has 0 saturated carbocycles. The molecule has 34 heavy (non-hydrogen) atoms. The van der Waals surface area contributed by atoms with Crippen LogP contribution in [0.25, 0.3) is 22.4 Å². The van der Waals surface area contributed by atoms with Crippen LogP contribution >= 0.6 is 11.6 Å². The number of ether oxygens (including phenoxy) is 2. The summed E-state index contributed by atoms with van der Waals surface area (Å²) in [7, 11) is 2.17. The fourth-order valence-corrected chi connectivity index (χ4v) is 4.48. The molecule has 7 nitrogen and oxygen atoms in total. The number of piperazine rings is 1. The molecule has 5 rings (SSSR count). The van der Waals surface area contributed by atoms with Gasteiger partial charge in [-0.2, -0.15) is 0 Å². The maximum absolute atomic E-state index is 10.5. The second kappa shape index (κ2) is 10.1. The highest BCUT2D eigenvalue weighted by Crippen LogP contribution is 2.38. The lowest BCUT2D eigenvalue weighted by molar-refractivity contribution is 0.154. The number of phenolic OH excluding ortho intramolecular Hbond substituents is 1. The molecule has 178 valence electrons. The lowest BCUT2D eigenvalue weighted by Crippen LogP contribution is -2.44. The normalized spacial score (nSPS) is 16.1. The number of halogens is 1. The minimum atomic E-state index is 0.140. The third-order valence-corrected chi connectivity index (χ3v) is 6.55. The highest BCUT2D eigenvalue weighted by Gasteiger charge is 2.17. The summed E-state index contributed by atoms with van der Waals surface area (Å²) < 4.78 is 11.0. The molecule has 0 atom stereocenters. The molecule has 3 heterocycles. The van der Waals surface area contributed by atoms with Gasteiger partial charge in [-0.3, -0.25) is 0 Å². The number of likely N-dealkylation sites (N-methyl/N-ethyl adjacent to an activating group) is 1. The number of benzene rings is 2. The zero-order valence-corrected chi connectivity index (χ0v) is 20.0. The lowest BCUT2D eigenvalue weighted by Gasteiger charge is -2.32. The second-order valence-electron chi connectivity index (χ2n) is 8.78. The number of fused-ring (bicyclic) bond motifs is 1. The number of aromatic nitrogens is 1. The van der Waals surface area contributed by atoms with Crippen LogP contribution in [0.1, 0.15) is 6.42 Å². The maximum Gasteiger partial charge on any atom is 0.231 e. The minimum absolute atomic E-state index is 0.140. The van der Waals surface area contributed by atoms with Crippen molar-refractivity contribution in [2.24, 2.45) is 0 Å². The van der Waals surface area contributed by atoms with Crippen LogP contribution in [-0.2, 0) is 0 Å². The third kappa shape index (κ3) is 5.22. The van der Waals surface area contributed by atoms with E-state index in [-0.39, 0.29) is 12.5 Å². The summed E-state index contributed by atoms with van der Waals surface area (Å²) in [6, 6.07) is 14.9. The number of pyridine rings is 1. The van der Waals surface area contributed by atoms with Crippen molar-refractivity contribution in [3.8, 4) is 39.6 Å². The van der Waals surface area contributed by atoms with Gasteiger partial charge in [-0.05, 0) is 73.6 Å². The standard InChI is InChI=1S/C26H29ClN4O3/c1-30-9-11-31(12-10-30)8-2-7-28-26-15-19(18-3-6-24-25(14-18)34-17-33-24)13-22(29-26)21-16-20(27)4-5-23(21)32/h3-6,13-16,32H,2,7-12,17H2,1H3,(H,28,29). The number of anilines is 1. The van der Waals surface area contributed by atoms with Gasteiger partial charge in [-0.25, -0.2) is 4.98 Å². The SMILES string of the molecule is CN1CCN(CCCNc2cc(-c3ccc4c(c3)OCO4)cc(-c3cc(Cl)ccc3O)n2)CC1. The molecular weight excluding hydrogens is 452 g/mol. The Kier molecular flexibility index (Phi) is 6.76. The molecule has 0 spiro atoms. The molecule has 2 N–H and O–H groups in total. The number of nitrogens with one attached hydrogen (secondary N) is 1. The first-order valence-corrected chi connectivity index (χ1v) is 12.0. The zero-order chi connectivity index (χ0) is 23.5. The highest BCUT2D eigenvalue weighted by atomic mass is 35.5. The van der Waals surface area contributed by atoms with Crippen molar-refractivity contribution in [2.45, 2.75) is 6.42 Å². The molecule has 0 aliphatic carbocycles. The van der Waals surface area contributed by atoms with Crippen LogP contribution in [0.4, 0.5) is 5.82 Å². The van der Waals surface area contributed by atoms with Gasteiger partial charge in [0.15, 0.2) is 11.5 Å². The van der Waals surface area contributed by atoms with E-state index in [1.54, 1.807) is 18.2 Å². The Morgan fingerprint density at radius 3 is 2.65 bits per heavy atom. The Balaban J connectivity index is 1.38. The Bertz CT molecular complexity index is 1160. The third-order valence-electron chi connectivity index (χ3n) is 6.32. The van der Waals surface area contributed by atoms with Gasteiger partial charge in [0.2, 0.25) is 6.79 Å². The average molecular weight is 481 g/mol. The van der Waals surface area contributed by atoms with Crippen molar-refractivity contribution in [3.63, 3.8) is 0 Å². The van der Waals surface area contributed by atoms with Gasteiger partial charge in [-0.15, -0.1) is 0 Å². The molecule has 0 radical (unpaired) electrons. The zero-order valence-electron chi connectivity index (χ0n) is 19.3. The van der Waals surface area contributed by atoms with E-state index in [2.05, 4.69) is 22.2 Å². The van der Waals surface area contributed by atoms with Gasteiger partial charge in [0.05, 0.1) is 5.69 Å². The van der Waals surface area contributed by atoms with Gasteiger partial charge in [-0.1, -0.05) is 17.7 Å². The fourth-order valence-electron chi connectivity index (χ4n) is 4.31. The first-order chi connectivity index (χ1) is 16.5. The smallest absolute Gasteiger partial charge is 0.231 e.